The van der Waals surface area contributed by atoms with E-state index in [-0.39, 0.29) is 29.0 Å². The number of nitrogens with one attached hydrogen (secondary N) is 2. The predicted molar refractivity (Wildman–Crippen MR) is 145 cm³/mol. The fraction of sp³-hybridized carbons (Fsp3) is 0.577. The number of nitrogens with zero attached hydrogens (tertiary/aromatic N) is 2. The maximum Gasteiger partial charge on any atom is 0.244 e. The Balaban J connectivity index is 1.08. The van der Waals surface area contributed by atoms with Crippen LogP contribution in [0.4, 0.5) is 0 Å². The van der Waals surface area contributed by atoms with Gasteiger partial charge in [-0.15, -0.1) is 0 Å². The second kappa shape index (κ2) is 12.0. The van der Waals surface area contributed by atoms with Crippen LogP contribution in [-0.2, 0) is 42.5 Å². The van der Waals surface area contributed by atoms with E-state index in [9.17, 15) is 21.9 Å². The summed E-state index contributed by atoms with van der Waals surface area (Å²) < 4.78 is 71.5. The van der Waals surface area contributed by atoms with Crippen molar-refractivity contribution in [3.05, 3.63) is 47.8 Å². The molecule has 14 heteroatoms. The summed E-state index contributed by atoms with van der Waals surface area (Å²) in [6.07, 6.45) is 3.22. The van der Waals surface area contributed by atoms with E-state index in [2.05, 4.69) is 15.0 Å². The average Bonchev–Trinajstić information content (AvgIpc) is 3.37. The highest BCUT2D eigenvalue weighted by Gasteiger charge is 2.44. The van der Waals surface area contributed by atoms with E-state index < -0.39 is 31.8 Å². The summed E-state index contributed by atoms with van der Waals surface area (Å²) >= 11 is 0. The normalized spacial score (nSPS) is 22.2. The SMILES string of the molecule is CNS(=O)(=O)c1cccc(OCC(O)CNC2COC3(CCN(S(=O)(=O)c4cnc5c(c4)COCC5)CC3)C2)c1. The van der Waals surface area contributed by atoms with Gasteiger partial charge in [0.15, 0.2) is 0 Å². The number of benzene rings is 1. The van der Waals surface area contributed by atoms with Crippen LogP contribution in [0.2, 0.25) is 0 Å². The highest BCUT2D eigenvalue weighted by molar-refractivity contribution is 7.89. The number of fused-ring (bicyclic) bond motifs is 1. The van der Waals surface area contributed by atoms with Crippen LogP contribution in [0, 0.1) is 0 Å². The molecule has 2 atom stereocenters. The molecule has 0 amide bonds. The van der Waals surface area contributed by atoms with Gasteiger partial charge in [-0.25, -0.2) is 21.6 Å². The Bertz CT molecular complexity index is 1410. The van der Waals surface area contributed by atoms with Crippen molar-refractivity contribution in [2.24, 2.45) is 0 Å². The molecule has 3 aliphatic rings. The number of aliphatic hydroxyl groups is 1. The lowest BCUT2D eigenvalue weighted by Crippen LogP contribution is -2.47. The average molecular weight is 597 g/mol. The molecular weight excluding hydrogens is 560 g/mol. The van der Waals surface area contributed by atoms with Crippen LogP contribution >= 0.6 is 0 Å². The molecule has 40 heavy (non-hydrogen) atoms. The van der Waals surface area contributed by atoms with Gasteiger partial charge in [0.25, 0.3) is 0 Å². The second-order valence-corrected chi connectivity index (χ2v) is 14.3. The van der Waals surface area contributed by atoms with Crippen molar-refractivity contribution in [1.29, 1.82) is 0 Å². The van der Waals surface area contributed by atoms with Gasteiger partial charge in [0.05, 0.1) is 30.3 Å². The zero-order valence-electron chi connectivity index (χ0n) is 22.4. The van der Waals surface area contributed by atoms with Crippen molar-refractivity contribution in [2.75, 3.05) is 46.5 Å². The summed E-state index contributed by atoms with van der Waals surface area (Å²) in [6.45, 7) is 2.44. The van der Waals surface area contributed by atoms with E-state index in [1.165, 1.54) is 29.7 Å². The summed E-state index contributed by atoms with van der Waals surface area (Å²) in [6, 6.07) is 7.79. The first-order valence-electron chi connectivity index (χ1n) is 13.4. The van der Waals surface area contributed by atoms with Crippen molar-refractivity contribution >= 4 is 20.0 Å². The number of sulfonamides is 2. The van der Waals surface area contributed by atoms with Gasteiger partial charge in [-0.1, -0.05) is 6.07 Å². The van der Waals surface area contributed by atoms with Crippen molar-refractivity contribution in [1.82, 2.24) is 19.3 Å². The first-order chi connectivity index (χ1) is 19.1. The molecule has 0 aliphatic carbocycles. The minimum absolute atomic E-state index is 0.00866. The van der Waals surface area contributed by atoms with Gasteiger partial charge >= 0.3 is 0 Å². The lowest BCUT2D eigenvalue weighted by atomic mass is 9.88. The van der Waals surface area contributed by atoms with Crippen LogP contribution in [0.25, 0.3) is 0 Å². The van der Waals surface area contributed by atoms with E-state index in [1.807, 2.05) is 0 Å². The van der Waals surface area contributed by atoms with Gasteiger partial charge in [-0.05, 0) is 44.5 Å². The number of aliphatic hydroxyl groups excluding tert-OH is 1. The van der Waals surface area contributed by atoms with E-state index in [4.69, 9.17) is 14.2 Å². The number of ether oxygens (including phenoxy) is 3. The van der Waals surface area contributed by atoms with Crippen molar-refractivity contribution < 1.29 is 36.2 Å². The molecule has 0 saturated carbocycles. The Morgan fingerprint density at radius 2 is 2.00 bits per heavy atom. The molecular formula is C26H36N4O8S2. The first-order valence-corrected chi connectivity index (χ1v) is 16.3. The Hall–Kier alpha value is -2.17. The summed E-state index contributed by atoms with van der Waals surface area (Å²) in [5.74, 6) is 0.347. The molecule has 5 rings (SSSR count). The molecule has 0 radical (unpaired) electrons. The van der Waals surface area contributed by atoms with Crippen molar-refractivity contribution in [3.8, 4) is 5.75 Å². The standard InChI is InChI=1S/C26H36N4O8S2/c1-27-39(32,33)23-4-2-3-22(12-23)37-18-21(31)14-28-20-13-26(38-17-20)6-8-30(9-7-26)40(34,35)24-11-19-16-36-10-5-25(19)29-15-24/h2-4,11-12,15,20-21,27-28,31H,5-10,13-14,16-18H2,1H3. The maximum atomic E-state index is 13.3. The molecule has 2 fully saturated rings. The molecule has 12 nitrogen and oxygen atoms in total. The quantitative estimate of drug-likeness (QED) is 0.351. The minimum atomic E-state index is -3.66. The molecule has 2 aromatic rings. The molecule has 2 unspecified atom stereocenters. The van der Waals surface area contributed by atoms with Gasteiger partial charge < -0.3 is 24.6 Å². The number of hydrogen-bond donors (Lipinski definition) is 3. The van der Waals surface area contributed by atoms with E-state index in [1.54, 1.807) is 18.2 Å². The van der Waals surface area contributed by atoms with E-state index in [0.717, 1.165) is 17.7 Å². The minimum Gasteiger partial charge on any atom is -0.491 e. The highest BCUT2D eigenvalue weighted by atomic mass is 32.2. The number of aromatic nitrogens is 1. The number of pyridine rings is 1. The monoisotopic (exact) mass is 596 g/mol. The smallest absolute Gasteiger partial charge is 0.244 e. The Morgan fingerprint density at radius 1 is 1.20 bits per heavy atom. The zero-order valence-corrected chi connectivity index (χ0v) is 24.0. The molecule has 1 spiro atoms. The predicted octanol–water partition coefficient (Wildman–Crippen LogP) is 0.404. The van der Waals surface area contributed by atoms with Gasteiger partial charge in [-0.2, -0.15) is 4.31 Å². The Morgan fingerprint density at radius 3 is 2.77 bits per heavy atom. The number of hydrogen-bond acceptors (Lipinski definition) is 10. The largest absolute Gasteiger partial charge is 0.491 e. The fourth-order valence-corrected chi connectivity index (χ4v) is 7.57. The third kappa shape index (κ3) is 6.49. The van der Waals surface area contributed by atoms with E-state index >= 15 is 0 Å². The Labute approximate surface area is 235 Å². The first kappa shape index (κ1) is 29.3. The topological polar surface area (TPSA) is 156 Å². The molecule has 4 heterocycles. The Kier molecular flexibility index (Phi) is 8.78. The van der Waals surface area contributed by atoms with E-state index in [0.29, 0.717) is 57.9 Å². The lowest BCUT2D eigenvalue weighted by molar-refractivity contribution is -0.0312. The van der Waals surface area contributed by atoms with Crippen LogP contribution in [0.3, 0.4) is 0 Å². The van der Waals surface area contributed by atoms with Crippen LogP contribution in [-0.4, -0.2) is 95.5 Å². The molecule has 220 valence electrons. The third-order valence-corrected chi connectivity index (χ3v) is 11.0. The molecule has 1 aromatic heterocycles. The molecule has 1 aromatic carbocycles. The van der Waals surface area contributed by atoms with Crippen molar-refractivity contribution in [3.63, 3.8) is 0 Å². The maximum absolute atomic E-state index is 13.3. The van der Waals surface area contributed by atoms with Gasteiger partial charge in [-0.3, -0.25) is 4.98 Å². The summed E-state index contributed by atoms with van der Waals surface area (Å²) in [5.41, 5.74) is 1.33. The van der Waals surface area contributed by atoms with Crippen LogP contribution < -0.4 is 14.8 Å². The third-order valence-electron chi connectivity index (χ3n) is 7.73. The van der Waals surface area contributed by atoms with Crippen molar-refractivity contribution in [2.45, 2.75) is 59.8 Å². The van der Waals surface area contributed by atoms with Gasteiger partial charge in [0, 0.05) is 55.6 Å². The van der Waals surface area contributed by atoms with Gasteiger partial charge in [0.2, 0.25) is 20.0 Å². The fourth-order valence-electron chi connectivity index (χ4n) is 5.37. The molecule has 3 aliphatic heterocycles. The molecule has 0 bridgehead atoms. The number of piperidine rings is 1. The van der Waals surface area contributed by atoms with Crippen LogP contribution in [0.5, 0.6) is 5.75 Å². The van der Waals surface area contributed by atoms with Crippen LogP contribution in [0.1, 0.15) is 30.5 Å². The number of rotatable bonds is 10. The summed E-state index contributed by atoms with van der Waals surface area (Å²) in [5, 5.41) is 13.7. The zero-order chi connectivity index (χ0) is 28.4. The lowest BCUT2D eigenvalue weighted by Gasteiger charge is -2.38. The van der Waals surface area contributed by atoms with Gasteiger partial charge in [0.1, 0.15) is 23.4 Å². The summed E-state index contributed by atoms with van der Waals surface area (Å²) in [7, 11) is -5.91. The second-order valence-electron chi connectivity index (χ2n) is 10.4. The molecule has 3 N–H and O–H groups in total. The summed E-state index contributed by atoms with van der Waals surface area (Å²) in [4.78, 5) is 4.65. The van der Waals surface area contributed by atoms with Crippen LogP contribution in [0.15, 0.2) is 46.3 Å². The molecule has 2 saturated heterocycles. The highest BCUT2D eigenvalue weighted by Crippen LogP contribution is 2.37.